The van der Waals surface area contributed by atoms with E-state index in [1.807, 2.05) is 20.8 Å². The summed E-state index contributed by atoms with van der Waals surface area (Å²) in [6.45, 7) is 6.21. The Morgan fingerprint density at radius 2 is 1.83 bits per heavy atom. The minimum absolute atomic E-state index is 0. The maximum Gasteiger partial charge on any atom is 0.251 e. The van der Waals surface area contributed by atoms with Gasteiger partial charge < -0.3 is 11.1 Å². The van der Waals surface area contributed by atoms with Gasteiger partial charge in [-0.2, -0.15) is 0 Å². The predicted octanol–water partition coefficient (Wildman–Crippen LogP) is 1.65. The van der Waals surface area contributed by atoms with Crippen molar-refractivity contribution in [2.75, 3.05) is 6.54 Å². The van der Waals surface area contributed by atoms with Gasteiger partial charge >= 0.3 is 0 Å². The Morgan fingerprint density at radius 1 is 1.29 bits per heavy atom. The number of nitrogens with two attached hydrogens (primary N) is 1. The first-order chi connectivity index (χ1) is 10.7. The van der Waals surface area contributed by atoms with E-state index in [2.05, 4.69) is 10.0 Å². The van der Waals surface area contributed by atoms with E-state index < -0.39 is 15.6 Å². The highest BCUT2D eigenvalue weighted by Crippen LogP contribution is 2.22. The number of rotatable bonds is 7. The number of hydrogen-bond acceptors (Lipinski definition) is 4. The van der Waals surface area contributed by atoms with Crippen molar-refractivity contribution in [1.29, 1.82) is 0 Å². The van der Waals surface area contributed by atoms with Crippen LogP contribution in [0.15, 0.2) is 29.2 Å². The first kappa shape index (κ1) is 20.9. The molecule has 136 valence electrons. The van der Waals surface area contributed by atoms with Crippen molar-refractivity contribution in [2.45, 2.75) is 50.1 Å². The van der Waals surface area contributed by atoms with Crippen LogP contribution in [0, 0.1) is 5.92 Å². The summed E-state index contributed by atoms with van der Waals surface area (Å²) in [6, 6.07) is 6.00. The summed E-state index contributed by atoms with van der Waals surface area (Å²) in [5, 5.41) is 2.93. The zero-order valence-electron chi connectivity index (χ0n) is 14.2. The Kier molecular flexibility index (Phi) is 6.81. The van der Waals surface area contributed by atoms with Crippen LogP contribution < -0.4 is 15.8 Å². The molecule has 0 aromatic heterocycles. The fourth-order valence-electron chi connectivity index (χ4n) is 2.04. The van der Waals surface area contributed by atoms with Crippen molar-refractivity contribution >= 4 is 28.3 Å². The Labute approximate surface area is 150 Å². The van der Waals surface area contributed by atoms with E-state index in [1.165, 1.54) is 24.3 Å². The Balaban J connectivity index is 0.00000288. The van der Waals surface area contributed by atoms with Gasteiger partial charge in [-0.05, 0) is 49.9 Å². The maximum absolute atomic E-state index is 12.3. The lowest BCUT2D eigenvalue weighted by molar-refractivity contribution is 0.0883. The van der Waals surface area contributed by atoms with Crippen LogP contribution in [0.3, 0.4) is 0 Å². The molecule has 6 nitrogen and oxygen atoms in total. The van der Waals surface area contributed by atoms with Crippen LogP contribution in [0.4, 0.5) is 0 Å². The van der Waals surface area contributed by atoms with Gasteiger partial charge in [-0.25, -0.2) is 13.1 Å². The lowest BCUT2D eigenvalue weighted by Crippen LogP contribution is -2.55. The fourth-order valence-corrected chi connectivity index (χ4v) is 3.34. The summed E-state index contributed by atoms with van der Waals surface area (Å²) in [7, 11) is -3.49. The number of amides is 1. The van der Waals surface area contributed by atoms with Gasteiger partial charge in [0.05, 0.1) is 10.4 Å². The molecule has 24 heavy (non-hydrogen) atoms. The SMILES string of the molecule is CC(C)C(C)(CN)NC(=O)c1ccc(S(=O)(=O)NC2CC2)cc1.Cl. The monoisotopic (exact) mass is 375 g/mol. The molecule has 0 aliphatic heterocycles. The van der Waals surface area contributed by atoms with Crippen LogP contribution >= 0.6 is 12.4 Å². The molecule has 0 bridgehead atoms. The molecule has 2 rings (SSSR count). The summed E-state index contributed by atoms with van der Waals surface area (Å²) < 4.78 is 26.8. The van der Waals surface area contributed by atoms with Crippen LogP contribution in [0.2, 0.25) is 0 Å². The number of halogens is 1. The molecule has 1 unspecified atom stereocenters. The average Bonchev–Trinajstić information content (AvgIpc) is 3.30. The van der Waals surface area contributed by atoms with Crippen LogP contribution in [0.5, 0.6) is 0 Å². The number of nitrogens with one attached hydrogen (secondary N) is 2. The van der Waals surface area contributed by atoms with Crippen molar-refractivity contribution in [1.82, 2.24) is 10.0 Å². The molecule has 1 aliphatic carbocycles. The first-order valence-corrected chi connectivity index (χ1v) is 9.31. The Hall–Kier alpha value is -1.15. The predicted molar refractivity (Wildman–Crippen MR) is 96.8 cm³/mol. The molecule has 1 fully saturated rings. The van der Waals surface area contributed by atoms with Crippen molar-refractivity contribution in [2.24, 2.45) is 11.7 Å². The van der Waals surface area contributed by atoms with Crippen LogP contribution in [0.1, 0.15) is 44.0 Å². The van der Waals surface area contributed by atoms with Gasteiger partial charge in [0, 0.05) is 18.2 Å². The number of carbonyl (C=O) groups excluding carboxylic acids is 1. The first-order valence-electron chi connectivity index (χ1n) is 7.83. The van der Waals surface area contributed by atoms with Crippen molar-refractivity contribution < 1.29 is 13.2 Å². The second-order valence-electron chi connectivity index (χ2n) is 6.65. The highest BCUT2D eigenvalue weighted by Gasteiger charge is 2.30. The molecular formula is C16H26ClN3O3S. The second kappa shape index (κ2) is 7.82. The zero-order chi connectivity index (χ0) is 17.3. The molecule has 0 radical (unpaired) electrons. The third kappa shape index (κ3) is 4.92. The standard InChI is InChI=1S/C16H25N3O3S.ClH/c1-11(2)16(3,10-17)18-15(20)12-4-8-14(9-5-12)23(21,22)19-13-6-7-13;/h4-5,8-9,11,13,19H,6-7,10,17H2,1-3H3,(H,18,20);1H. The van der Waals surface area contributed by atoms with Gasteiger partial charge in [0.1, 0.15) is 0 Å². The van der Waals surface area contributed by atoms with Crippen LogP contribution in [0.25, 0.3) is 0 Å². The number of benzene rings is 1. The normalized spacial score (nSPS) is 17.0. The fraction of sp³-hybridized carbons (Fsp3) is 0.562. The highest BCUT2D eigenvalue weighted by atomic mass is 35.5. The zero-order valence-corrected chi connectivity index (χ0v) is 15.8. The molecule has 1 saturated carbocycles. The molecule has 1 amide bonds. The third-order valence-corrected chi connectivity index (χ3v) is 5.96. The molecule has 1 atom stereocenters. The highest BCUT2D eigenvalue weighted by molar-refractivity contribution is 7.89. The van der Waals surface area contributed by atoms with Crippen LogP contribution in [-0.2, 0) is 10.0 Å². The summed E-state index contributed by atoms with van der Waals surface area (Å²) in [5.41, 5.74) is 5.67. The Morgan fingerprint density at radius 3 is 2.25 bits per heavy atom. The van der Waals surface area contributed by atoms with E-state index in [9.17, 15) is 13.2 Å². The van der Waals surface area contributed by atoms with E-state index in [-0.39, 0.29) is 35.2 Å². The molecule has 4 N–H and O–H groups in total. The van der Waals surface area contributed by atoms with Crippen molar-refractivity contribution in [3.8, 4) is 0 Å². The van der Waals surface area contributed by atoms with E-state index in [0.717, 1.165) is 12.8 Å². The molecule has 1 aromatic carbocycles. The van der Waals surface area contributed by atoms with Gasteiger partial charge in [0.15, 0.2) is 0 Å². The van der Waals surface area contributed by atoms with Gasteiger partial charge in [0.2, 0.25) is 10.0 Å². The summed E-state index contributed by atoms with van der Waals surface area (Å²) >= 11 is 0. The molecule has 1 aliphatic rings. The van der Waals surface area contributed by atoms with Crippen LogP contribution in [-0.4, -0.2) is 32.5 Å². The minimum atomic E-state index is -3.49. The molecular weight excluding hydrogens is 350 g/mol. The summed E-state index contributed by atoms with van der Waals surface area (Å²) in [5.74, 6) is -0.0791. The lowest BCUT2D eigenvalue weighted by atomic mass is 9.88. The molecule has 0 heterocycles. The quantitative estimate of drug-likeness (QED) is 0.674. The smallest absolute Gasteiger partial charge is 0.251 e. The van der Waals surface area contributed by atoms with E-state index in [1.54, 1.807) is 0 Å². The minimum Gasteiger partial charge on any atom is -0.345 e. The van der Waals surface area contributed by atoms with Crippen molar-refractivity contribution in [3.05, 3.63) is 29.8 Å². The summed E-state index contributed by atoms with van der Waals surface area (Å²) in [6.07, 6.45) is 1.76. The molecule has 1 aromatic rings. The second-order valence-corrected chi connectivity index (χ2v) is 8.36. The maximum atomic E-state index is 12.3. The topological polar surface area (TPSA) is 101 Å². The summed E-state index contributed by atoms with van der Waals surface area (Å²) in [4.78, 5) is 12.5. The molecule has 0 spiro atoms. The Bertz CT molecular complexity index is 672. The number of sulfonamides is 1. The van der Waals surface area contributed by atoms with E-state index >= 15 is 0 Å². The van der Waals surface area contributed by atoms with Gasteiger partial charge in [-0.15, -0.1) is 12.4 Å². The lowest BCUT2D eigenvalue weighted by Gasteiger charge is -2.33. The average molecular weight is 376 g/mol. The number of carbonyl (C=O) groups is 1. The van der Waals surface area contributed by atoms with E-state index in [4.69, 9.17) is 5.73 Å². The molecule has 0 saturated heterocycles. The van der Waals surface area contributed by atoms with Gasteiger partial charge in [-0.1, -0.05) is 13.8 Å². The third-order valence-electron chi connectivity index (χ3n) is 4.42. The largest absolute Gasteiger partial charge is 0.345 e. The number of hydrogen-bond donors (Lipinski definition) is 3. The van der Waals surface area contributed by atoms with E-state index in [0.29, 0.717) is 12.1 Å². The van der Waals surface area contributed by atoms with Gasteiger partial charge in [-0.3, -0.25) is 4.79 Å². The van der Waals surface area contributed by atoms with Gasteiger partial charge in [0.25, 0.3) is 5.91 Å². The van der Waals surface area contributed by atoms with Crippen molar-refractivity contribution in [3.63, 3.8) is 0 Å². The molecule has 8 heteroatoms.